The molecule has 3 heteroatoms. The van der Waals surface area contributed by atoms with Crippen molar-refractivity contribution < 1.29 is 9.90 Å². The fourth-order valence-corrected chi connectivity index (χ4v) is 5.40. The van der Waals surface area contributed by atoms with Gasteiger partial charge in [-0.25, -0.2) is 4.79 Å². The third-order valence-corrected chi connectivity index (χ3v) is 6.00. The summed E-state index contributed by atoms with van der Waals surface area (Å²) in [5.41, 5.74) is 0.724. The first-order valence-corrected chi connectivity index (χ1v) is 9.24. The van der Waals surface area contributed by atoms with Crippen molar-refractivity contribution >= 4 is 5.97 Å². The third kappa shape index (κ3) is 4.17. The molecule has 0 unspecified atom stereocenters. The van der Waals surface area contributed by atoms with E-state index < -0.39 is 5.97 Å². The highest BCUT2D eigenvalue weighted by Crippen LogP contribution is 2.46. The number of hydrogen-bond acceptors (Lipinski definition) is 2. The molecule has 0 amide bonds. The molecule has 0 aromatic heterocycles. The van der Waals surface area contributed by atoms with E-state index in [2.05, 4.69) is 39.5 Å². The fraction of sp³-hybridized carbons (Fsp3) is 0.850. The van der Waals surface area contributed by atoms with Crippen molar-refractivity contribution in [2.24, 2.45) is 11.8 Å². The second-order valence-corrected chi connectivity index (χ2v) is 9.23. The van der Waals surface area contributed by atoms with Crippen molar-refractivity contribution in [3.63, 3.8) is 0 Å². The molecule has 0 atom stereocenters. The molecule has 0 aromatic rings. The van der Waals surface area contributed by atoms with Gasteiger partial charge in [-0.05, 0) is 85.0 Å². The average Bonchev–Trinajstić information content (AvgIpc) is 2.38. The number of allylic oxidation sites excluding steroid dienone is 1. The molecule has 1 saturated heterocycles. The van der Waals surface area contributed by atoms with E-state index in [-0.39, 0.29) is 11.1 Å². The first kappa shape index (κ1) is 18.5. The van der Waals surface area contributed by atoms with Gasteiger partial charge in [-0.1, -0.05) is 13.0 Å². The Labute approximate surface area is 142 Å². The third-order valence-electron chi connectivity index (χ3n) is 6.00. The molecule has 1 heterocycles. The van der Waals surface area contributed by atoms with Gasteiger partial charge in [0.05, 0.1) is 0 Å². The maximum atomic E-state index is 11.2. The summed E-state index contributed by atoms with van der Waals surface area (Å²) in [6, 6.07) is 0.682. The van der Waals surface area contributed by atoms with Crippen LogP contribution in [0.5, 0.6) is 0 Å². The minimum Gasteiger partial charge on any atom is -0.478 e. The Morgan fingerprint density at radius 3 is 1.96 bits per heavy atom. The lowest BCUT2D eigenvalue weighted by Crippen LogP contribution is -2.64. The quantitative estimate of drug-likeness (QED) is 0.754. The number of aliphatic carboxylic acids is 1. The second-order valence-electron chi connectivity index (χ2n) is 9.23. The molecule has 0 bridgehead atoms. The highest BCUT2D eigenvalue weighted by molar-refractivity contribution is 5.85. The van der Waals surface area contributed by atoms with Gasteiger partial charge in [-0.2, -0.15) is 0 Å². The number of carboxylic acid groups (broad SMARTS) is 1. The van der Waals surface area contributed by atoms with Crippen LogP contribution in [-0.4, -0.2) is 33.1 Å². The number of piperidine rings is 1. The van der Waals surface area contributed by atoms with Crippen LogP contribution in [0.15, 0.2) is 11.6 Å². The standard InChI is InChI=1S/C20H35NO2/c1-14-7-9-17(10-8-14)21-19(3,4)12-16(13-20(21,5)6)11-15(2)18(22)23/h11,14,16-17H,7-10,12-13H2,1-6H3,(H,22,23). The molecule has 3 nitrogen and oxygen atoms in total. The molecule has 2 aliphatic rings. The number of hydrogen-bond donors (Lipinski definition) is 1. The highest BCUT2D eigenvalue weighted by Gasteiger charge is 2.48. The Balaban J connectivity index is 2.20. The summed E-state index contributed by atoms with van der Waals surface area (Å²) in [5.74, 6) is 0.440. The Kier molecular flexibility index (Phi) is 5.30. The summed E-state index contributed by atoms with van der Waals surface area (Å²) in [4.78, 5) is 13.9. The smallest absolute Gasteiger partial charge is 0.330 e. The van der Waals surface area contributed by atoms with Gasteiger partial charge in [-0.15, -0.1) is 0 Å². The van der Waals surface area contributed by atoms with Crippen LogP contribution in [0.25, 0.3) is 0 Å². The first-order valence-electron chi connectivity index (χ1n) is 9.24. The summed E-state index contributed by atoms with van der Waals surface area (Å²) >= 11 is 0. The van der Waals surface area contributed by atoms with Crippen molar-refractivity contribution in [1.29, 1.82) is 0 Å². The summed E-state index contributed by atoms with van der Waals surface area (Å²) in [6.45, 7) is 13.5. The Morgan fingerprint density at radius 1 is 1.04 bits per heavy atom. The van der Waals surface area contributed by atoms with Crippen molar-refractivity contribution in [3.8, 4) is 0 Å². The molecule has 0 radical (unpaired) electrons. The summed E-state index contributed by atoms with van der Waals surface area (Å²) in [7, 11) is 0. The molecule has 2 rings (SSSR count). The van der Waals surface area contributed by atoms with Crippen LogP contribution in [0.3, 0.4) is 0 Å². The van der Waals surface area contributed by atoms with E-state index in [1.54, 1.807) is 6.92 Å². The maximum Gasteiger partial charge on any atom is 0.330 e. The highest BCUT2D eigenvalue weighted by atomic mass is 16.4. The van der Waals surface area contributed by atoms with Gasteiger partial charge in [0.1, 0.15) is 0 Å². The molecule has 1 saturated carbocycles. The number of carbonyl (C=O) groups is 1. The van der Waals surface area contributed by atoms with Gasteiger partial charge in [0.25, 0.3) is 0 Å². The van der Waals surface area contributed by atoms with Crippen LogP contribution in [0.2, 0.25) is 0 Å². The van der Waals surface area contributed by atoms with Crippen molar-refractivity contribution in [2.45, 2.75) is 97.2 Å². The van der Waals surface area contributed by atoms with Crippen LogP contribution in [0.1, 0.15) is 80.1 Å². The van der Waals surface area contributed by atoms with Crippen LogP contribution in [0, 0.1) is 11.8 Å². The van der Waals surface area contributed by atoms with E-state index >= 15 is 0 Å². The van der Waals surface area contributed by atoms with E-state index in [9.17, 15) is 9.90 Å². The van der Waals surface area contributed by atoms with Crippen molar-refractivity contribution in [1.82, 2.24) is 4.90 Å². The van der Waals surface area contributed by atoms with Crippen LogP contribution < -0.4 is 0 Å². The maximum absolute atomic E-state index is 11.2. The summed E-state index contributed by atoms with van der Waals surface area (Å²) < 4.78 is 0. The molecular weight excluding hydrogens is 286 g/mol. The number of likely N-dealkylation sites (tertiary alicyclic amines) is 1. The van der Waals surface area contributed by atoms with E-state index in [1.165, 1.54) is 25.7 Å². The molecule has 23 heavy (non-hydrogen) atoms. The van der Waals surface area contributed by atoms with Gasteiger partial charge >= 0.3 is 5.97 Å². The van der Waals surface area contributed by atoms with E-state index in [0.717, 1.165) is 18.8 Å². The van der Waals surface area contributed by atoms with E-state index in [4.69, 9.17) is 0 Å². The lowest BCUT2D eigenvalue weighted by molar-refractivity contribution is -0.132. The Bertz CT molecular complexity index is 452. The van der Waals surface area contributed by atoms with Gasteiger partial charge in [-0.3, -0.25) is 4.90 Å². The zero-order valence-corrected chi connectivity index (χ0v) is 15.9. The normalized spacial score (nSPS) is 32.7. The molecule has 1 aliphatic heterocycles. The van der Waals surface area contributed by atoms with Gasteiger partial charge in [0.15, 0.2) is 0 Å². The average molecular weight is 322 g/mol. The lowest BCUT2D eigenvalue weighted by atomic mass is 9.70. The predicted octanol–water partition coefficient (Wildman–Crippen LogP) is 4.87. The predicted molar refractivity (Wildman–Crippen MR) is 95.5 cm³/mol. The van der Waals surface area contributed by atoms with Crippen LogP contribution in [0.4, 0.5) is 0 Å². The summed E-state index contributed by atoms with van der Waals surface area (Å²) in [6.07, 6.45) is 9.39. The number of nitrogens with zero attached hydrogens (tertiary/aromatic N) is 1. The van der Waals surface area contributed by atoms with Gasteiger partial charge in [0, 0.05) is 22.7 Å². The van der Waals surface area contributed by atoms with Crippen molar-refractivity contribution in [3.05, 3.63) is 11.6 Å². The Hall–Kier alpha value is -0.830. The molecule has 132 valence electrons. The number of carboxylic acids is 1. The lowest BCUT2D eigenvalue weighted by Gasteiger charge is -2.59. The largest absolute Gasteiger partial charge is 0.478 e. The Morgan fingerprint density at radius 2 is 1.52 bits per heavy atom. The molecule has 0 aromatic carbocycles. The first-order chi connectivity index (χ1) is 10.5. The monoisotopic (exact) mass is 321 g/mol. The molecule has 0 spiro atoms. The van der Waals surface area contributed by atoms with Gasteiger partial charge in [0.2, 0.25) is 0 Å². The number of rotatable bonds is 3. The molecular formula is C20H35NO2. The van der Waals surface area contributed by atoms with E-state index in [1.807, 2.05) is 6.08 Å². The van der Waals surface area contributed by atoms with Crippen LogP contribution >= 0.6 is 0 Å². The second kappa shape index (κ2) is 6.58. The topological polar surface area (TPSA) is 40.5 Å². The molecule has 1 N–H and O–H groups in total. The minimum absolute atomic E-state index is 0.118. The van der Waals surface area contributed by atoms with E-state index in [0.29, 0.717) is 17.5 Å². The van der Waals surface area contributed by atoms with Crippen LogP contribution in [-0.2, 0) is 4.79 Å². The minimum atomic E-state index is -0.788. The molecule has 2 fully saturated rings. The summed E-state index contributed by atoms with van der Waals surface area (Å²) in [5, 5.41) is 9.17. The zero-order valence-electron chi connectivity index (χ0n) is 15.9. The zero-order chi connectivity index (χ0) is 17.4. The fourth-order valence-electron chi connectivity index (χ4n) is 5.40. The SMILES string of the molecule is CC(=CC1CC(C)(C)N(C2CCC(C)CC2)C(C)(C)C1)C(=O)O. The van der Waals surface area contributed by atoms with Crippen molar-refractivity contribution in [2.75, 3.05) is 0 Å². The molecule has 1 aliphatic carbocycles. The van der Waals surface area contributed by atoms with Gasteiger partial charge < -0.3 is 5.11 Å².